The van der Waals surface area contributed by atoms with Crippen molar-refractivity contribution in [3.8, 4) is 0 Å². The fourth-order valence-corrected chi connectivity index (χ4v) is 5.16. The van der Waals surface area contributed by atoms with Crippen LogP contribution in [0.2, 0.25) is 0 Å². The molecule has 2 saturated heterocycles. The number of tetrazole rings is 1. The molecule has 0 aliphatic carbocycles. The molecule has 0 saturated carbocycles. The molecule has 1 aromatic heterocycles. The molecule has 0 unspecified atom stereocenters. The number of aromatic nitrogens is 4. The second-order valence-corrected chi connectivity index (χ2v) is 9.92. The van der Waals surface area contributed by atoms with Crippen LogP contribution in [0, 0.1) is 11.8 Å². The van der Waals surface area contributed by atoms with E-state index in [2.05, 4.69) is 50.3 Å². The third-order valence-electron chi connectivity index (χ3n) is 6.56. The van der Waals surface area contributed by atoms with Crippen LogP contribution in [0.25, 0.3) is 0 Å². The first-order chi connectivity index (χ1) is 15.7. The summed E-state index contributed by atoms with van der Waals surface area (Å²) < 4.78 is 6.24. The summed E-state index contributed by atoms with van der Waals surface area (Å²) in [6.45, 7) is 3.75. The van der Waals surface area contributed by atoms with Gasteiger partial charge in [-0.2, -0.15) is 5.21 Å². The van der Waals surface area contributed by atoms with Gasteiger partial charge in [0.2, 0.25) is 0 Å². The summed E-state index contributed by atoms with van der Waals surface area (Å²) in [5, 5.41) is 20.9. The van der Waals surface area contributed by atoms with Crippen molar-refractivity contribution in [2.24, 2.45) is 11.8 Å². The van der Waals surface area contributed by atoms with Gasteiger partial charge >= 0.3 is 0 Å². The van der Waals surface area contributed by atoms with Crippen LogP contribution < -0.4 is 10.6 Å². The van der Waals surface area contributed by atoms with Crippen LogP contribution in [0.3, 0.4) is 0 Å². The van der Waals surface area contributed by atoms with Crippen LogP contribution >= 0.6 is 24.4 Å². The Balaban J connectivity index is 1.32. The number of hydrogen-bond donors (Lipinski definition) is 3. The lowest BCUT2D eigenvalue weighted by Crippen LogP contribution is -2.41. The first-order valence-corrected chi connectivity index (χ1v) is 13.0. The highest BCUT2D eigenvalue weighted by atomic mass is 32.1. The Hall–Kier alpha value is -1.45. The summed E-state index contributed by atoms with van der Waals surface area (Å²) in [7, 11) is 0. The van der Waals surface area contributed by atoms with E-state index in [0.29, 0.717) is 30.6 Å². The van der Waals surface area contributed by atoms with Gasteiger partial charge < -0.3 is 15.4 Å². The fraction of sp³-hybridized carbons (Fsp3) is 0.783. The first-order valence-electron chi connectivity index (χ1n) is 12.2. The Labute approximate surface area is 202 Å². The third kappa shape index (κ3) is 8.15. The Bertz CT molecular complexity index is 726. The number of rotatable bonds is 15. The maximum atomic E-state index is 6.24. The molecule has 0 radical (unpaired) electrons. The fourth-order valence-electron chi connectivity index (χ4n) is 4.79. The molecule has 0 spiro atoms. The van der Waals surface area contributed by atoms with Gasteiger partial charge in [-0.15, -0.1) is 10.2 Å². The van der Waals surface area contributed by atoms with Gasteiger partial charge in [0.05, 0.1) is 28.7 Å². The minimum Gasteiger partial charge on any atom is -0.378 e. The minimum absolute atomic E-state index is 0.375. The normalized spacial score (nSPS) is 24.3. The quantitative estimate of drug-likeness (QED) is 0.198. The van der Waals surface area contributed by atoms with Gasteiger partial charge in [0, 0.05) is 18.9 Å². The van der Waals surface area contributed by atoms with Crippen molar-refractivity contribution in [2.45, 2.75) is 89.8 Å². The molecule has 2 bridgehead atoms. The van der Waals surface area contributed by atoms with E-state index in [-0.39, 0.29) is 0 Å². The number of aryl methyl sites for hydroxylation is 1. The third-order valence-corrected chi connectivity index (χ3v) is 7.20. The predicted molar refractivity (Wildman–Crippen MR) is 136 cm³/mol. The van der Waals surface area contributed by atoms with Crippen LogP contribution in [0.1, 0.15) is 77.0 Å². The van der Waals surface area contributed by atoms with E-state index in [1.807, 2.05) is 0 Å². The molecule has 2 fully saturated rings. The SMILES string of the molecule is CCCCCCC(=S)NCC(=S)NC[C@@H]1[C@H](C/C=C\CCCc2nn[nH]n2)[C@@H]2CC[C@H]1O2. The number of allylic oxidation sites excluding steroid dienone is 2. The lowest BCUT2D eigenvalue weighted by atomic mass is 9.77. The molecule has 3 rings (SSSR count). The monoisotopic (exact) mass is 478 g/mol. The molecule has 0 aromatic carbocycles. The summed E-state index contributed by atoms with van der Waals surface area (Å²) in [6, 6.07) is 0. The molecule has 4 atom stereocenters. The van der Waals surface area contributed by atoms with Gasteiger partial charge in [0.15, 0.2) is 5.82 Å². The Kier molecular flexibility index (Phi) is 11.0. The smallest absolute Gasteiger partial charge is 0.174 e. The number of nitrogens with one attached hydrogen (secondary N) is 3. The van der Waals surface area contributed by atoms with Crippen molar-refractivity contribution in [1.29, 1.82) is 0 Å². The van der Waals surface area contributed by atoms with E-state index in [1.54, 1.807) is 0 Å². The van der Waals surface area contributed by atoms with Gasteiger partial charge in [-0.1, -0.05) is 68.0 Å². The maximum Gasteiger partial charge on any atom is 0.174 e. The van der Waals surface area contributed by atoms with Crippen molar-refractivity contribution in [3.05, 3.63) is 18.0 Å². The lowest BCUT2D eigenvalue weighted by molar-refractivity contribution is 0.0876. The highest BCUT2D eigenvalue weighted by Gasteiger charge is 2.47. The number of nitrogens with zero attached hydrogens (tertiary/aromatic N) is 3. The average Bonchev–Trinajstić information content (AvgIpc) is 3.54. The molecule has 178 valence electrons. The first kappa shape index (κ1) is 25.2. The molecule has 7 nitrogen and oxygen atoms in total. The zero-order valence-electron chi connectivity index (χ0n) is 19.2. The topological polar surface area (TPSA) is 87.8 Å². The summed E-state index contributed by atoms with van der Waals surface area (Å²) in [5.74, 6) is 1.88. The van der Waals surface area contributed by atoms with Crippen LogP contribution in [-0.2, 0) is 11.2 Å². The number of fused-ring (bicyclic) bond motifs is 2. The number of aromatic amines is 1. The predicted octanol–water partition coefficient (Wildman–Crippen LogP) is 4.07. The molecule has 2 aliphatic rings. The van der Waals surface area contributed by atoms with Crippen molar-refractivity contribution in [2.75, 3.05) is 13.1 Å². The van der Waals surface area contributed by atoms with Gasteiger partial charge in [-0.3, -0.25) is 0 Å². The second kappa shape index (κ2) is 14.0. The zero-order chi connectivity index (χ0) is 22.6. The largest absolute Gasteiger partial charge is 0.378 e. The molecular formula is C23H38N6OS2. The van der Waals surface area contributed by atoms with Crippen molar-refractivity contribution in [3.63, 3.8) is 0 Å². The number of ether oxygens (including phenoxy) is 1. The Morgan fingerprint density at radius 1 is 1.06 bits per heavy atom. The molecule has 3 heterocycles. The average molecular weight is 479 g/mol. The van der Waals surface area contributed by atoms with E-state index in [1.165, 1.54) is 32.1 Å². The Morgan fingerprint density at radius 3 is 2.69 bits per heavy atom. The molecular weight excluding hydrogens is 440 g/mol. The van der Waals surface area contributed by atoms with E-state index in [4.69, 9.17) is 29.2 Å². The van der Waals surface area contributed by atoms with Crippen molar-refractivity contribution < 1.29 is 4.74 Å². The van der Waals surface area contributed by atoms with E-state index >= 15 is 0 Å². The minimum atomic E-state index is 0.375. The van der Waals surface area contributed by atoms with E-state index in [9.17, 15) is 0 Å². The Morgan fingerprint density at radius 2 is 1.91 bits per heavy atom. The van der Waals surface area contributed by atoms with Crippen LogP contribution in [0.5, 0.6) is 0 Å². The summed E-state index contributed by atoms with van der Waals surface area (Å²) in [4.78, 5) is 1.77. The number of unbranched alkanes of at least 4 members (excludes halogenated alkanes) is 4. The molecule has 3 N–H and O–H groups in total. The molecule has 1 aromatic rings. The van der Waals surface area contributed by atoms with Crippen LogP contribution in [0.4, 0.5) is 0 Å². The number of H-pyrrole nitrogens is 1. The number of thiocarbonyl (C=S) groups is 2. The summed E-state index contributed by atoms with van der Waals surface area (Å²) in [5.41, 5.74) is 0. The van der Waals surface area contributed by atoms with Crippen LogP contribution in [-0.4, -0.2) is 55.9 Å². The zero-order valence-corrected chi connectivity index (χ0v) is 20.9. The highest BCUT2D eigenvalue weighted by Crippen LogP contribution is 2.44. The van der Waals surface area contributed by atoms with Gasteiger partial charge in [-0.05, 0) is 50.9 Å². The summed E-state index contributed by atoms with van der Waals surface area (Å²) in [6.07, 6.45) is 17.7. The van der Waals surface area contributed by atoms with Gasteiger partial charge in [0.1, 0.15) is 0 Å². The van der Waals surface area contributed by atoms with Crippen molar-refractivity contribution >= 4 is 34.4 Å². The highest BCUT2D eigenvalue weighted by molar-refractivity contribution is 7.80. The van der Waals surface area contributed by atoms with Crippen molar-refractivity contribution in [1.82, 2.24) is 31.3 Å². The number of hydrogen-bond acceptors (Lipinski definition) is 6. The lowest BCUT2D eigenvalue weighted by Gasteiger charge is -2.28. The van der Waals surface area contributed by atoms with Gasteiger partial charge in [-0.25, -0.2) is 0 Å². The molecule has 32 heavy (non-hydrogen) atoms. The molecule has 9 heteroatoms. The van der Waals surface area contributed by atoms with Gasteiger partial charge in [0.25, 0.3) is 0 Å². The van der Waals surface area contributed by atoms with Crippen LogP contribution in [0.15, 0.2) is 12.2 Å². The molecule has 0 amide bonds. The molecule has 2 aliphatic heterocycles. The second-order valence-electron chi connectivity index (χ2n) is 8.94. The standard InChI is InChI=1S/C23H38N6OS2/c1-2-3-4-9-12-22(31)25-16-23(32)24-15-18-17(19-13-14-20(18)30-19)10-7-5-6-8-11-21-26-28-29-27-21/h5,7,17-20H,2-4,6,8-16H2,1H3,(H,24,32)(H,25,31)(H,26,27,28,29)/b7-5-/t17-,18+,19-,20+/m0/s1. The summed E-state index contributed by atoms with van der Waals surface area (Å²) >= 11 is 11.0. The van der Waals surface area contributed by atoms with E-state index in [0.717, 1.165) is 60.9 Å². The maximum absolute atomic E-state index is 6.24. The van der Waals surface area contributed by atoms with E-state index < -0.39 is 0 Å².